The highest BCUT2D eigenvalue weighted by Gasteiger charge is 2.65. The Bertz CT molecular complexity index is 1930. The molecule has 4 aromatic rings. The van der Waals surface area contributed by atoms with Crippen LogP contribution in [0.5, 0.6) is 0 Å². The molecule has 0 radical (unpaired) electrons. The number of fused-ring (bicyclic) bond motifs is 3. The number of hydrogen-bond acceptors (Lipinski definition) is 11. The lowest BCUT2D eigenvalue weighted by Crippen LogP contribution is -2.74. The van der Waals surface area contributed by atoms with E-state index in [-0.39, 0.29) is 33.3 Å². The number of benzene rings is 4. The smallest absolute Gasteiger partial charge is 0.451 e. The van der Waals surface area contributed by atoms with E-state index in [0.29, 0.717) is 45.4 Å². The minimum Gasteiger partial charge on any atom is -0.480 e. The monoisotopic (exact) mass is 826 g/mol. The topological polar surface area (TPSA) is 212 Å². The van der Waals surface area contributed by atoms with Gasteiger partial charge in [0.1, 0.15) is 12.1 Å². The molecule has 322 valence electrons. The van der Waals surface area contributed by atoms with Crippen molar-refractivity contribution in [2.24, 2.45) is 10.8 Å². The third-order valence-electron chi connectivity index (χ3n) is 12.1. The zero-order chi connectivity index (χ0) is 42.8. The normalized spacial score (nSPS) is 22.1. The van der Waals surface area contributed by atoms with Crippen molar-refractivity contribution in [1.29, 1.82) is 0 Å². The summed E-state index contributed by atoms with van der Waals surface area (Å²) in [4.78, 5) is 28.1. The van der Waals surface area contributed by atoms with E-state index in [9.17, 15) is 29.9 Å². The summed E-state index contributed by atoms with van der Waals surface area (Å²) >= 11 is 0. The molecule has 0 spiro atoms. The summed E-state index contributed by atoms with van der Waals surface area (Å²) in [5.41, 5.74) is 4.28. The Morgan fingerprint density at radius 1 is 0.683 bits per heavy atom. The van der Waals surface area contributed by atoms with Gasteiger partial charge in [0.25, 0.3) is 0 Å². The lowest BCUT2D eigenvalue weighted by Gasteiger charge is -2.62. The molecule has 3 aliphatic rings. The predicted octanol–water partition coefficient (Wildman–Crippen LogP) is 4.05. The van der Waals surface area contributed by atoms with Crippen LogP contribution in [0.25, 0.3) is 11.1 Å². The summed E-state index contributed by atoms with van der Waals surface area (Å²) in [5, 5.41) is 72.8. The number of aliphatic hydroxyl groups is 2. The predicted molar refractivity (Wildman–Crippen MR) is 232 cm³/mol. The van der Waals surface area contributed by atoms with Gasteiger partial charge in [-0.2, -0.15) is 0 Å². The summed E-state index contributed by atoms with van der Waals surface area (Å²) in [6, 6.07) is 35.1. The van der Waals surface area contributed by atoms with Gasteiger partial charge in [-0.1, -0.05) is 129 Å². The van der Waals surface area contributed by atoms with Crippen LogP contribution in [0.3, 0.4) is 0 Å². The number of carbonyl (C=O) groups is 2. The standard InChI is InChI=1S/C34H34BNO5.C9H18BNO5.CH4O.CH4/c37-32(38)31-33(20-11-21-35(39)40,24-41-22-25-12-3-1-4-13-25)23-36(31)34(26-14-5-2-6-15-26)29-18-9-7-16-27(29)28-17-8-10-19-30(28)34;1-11-5-9(6-12,7(11)8(13)14)3-2-4-10(15)16;1-2;/h1-10,12-19,31,39-40H,11,20-24H2,(H,37,38);7,12,15-16H,2-6H2,1H3,(H,13,14);2H,1H3;1H4/t31-,33-;7-,9-;;/m11../s1. The maximum atomic E-state index is 13.3. The van der Waals surface area contributed by atoms with Crippen molar-refractivity contribution in [2.75, 3.05) is 40.5 Å². The van der Waals surface area contributed by atoms with Crippen molar-refractivity contribution in [2.45, 2.75) is 70.0 Å². The van der Waals surface area contributed by atoms with Gasteiger partial charge in [0.15, 0.2) is 0 Å². The van der Waals surface area contributed by atoms with E-state index in [1.807, 2.05) is 72.8 Å². The van der Waals surface area contributed by atoms with Crippen molar-refractivity contribution in [3.8, 4) is 11.1 Å². The molecule has 0 aromatic heterocycles. The van der Waals surface area contributed by atoms with Gasteiger partial charge in [0, 0.05) is 31.0 Å². The Morgan fingerprint density at radius 2 is 1.15 bits per heavy atom. The zero-order valence-electron chi connectivity index (χ0n) is 33.7. The molecule has 13 nitrogen and oxygen atoms in total. The molecule has 0 saturated carbocycles. The molecule has 2 aliphatic heterocycles. The van der Waals surface area contributed by atoms with Crippen molar-refractivity contribution in [1.82, 2.24) is 9.80 Å². The van der Waals surface area contributed by atoms with Crippen molar-refractivity contribution < 1.29 is 54.8 Å². The third kappa shape index (κ3) is 9.70. The maximum absolute atomic E-state index is 13.3. The summed E-state index contributed by atoms with van der Waals surface area (Å²) in [6.07, 6.45) is 2.36. The number of nitrogens with zero attached hydrogens (tertiary/aromatic N) is 2. The summed E-state index contributed by atoms with van der Waals surface area (Å²) in [5.74, 6) is -1.84. The second-order valence-corrected chi connectivity index (χ2v) is 15.8. The van der Waals surface area contributed by atoms with E-state index in [1.165, 1.54) is 0 Å². The molecule has 1 aliphatic carbocycles. The van der Waals surface area contributed by atoms with Crippen LogP contribution in [0.2, 0.25) is 12.6 Å². The number of hydrogen-bond donors (Lipinski definition) is 8. The highest BCUT2D eigenvalue weighted by atomic mass is 16.5. The number of aliphatic hydroxyl groups excluding tert-OH is 2. The van der Waals surface area contributed by atoms with Crippen LogP contribution in [0, 0.1) is 10.8 Å². The molecule has 0 unspecified atom stereocenters. The van der Waals surface area contributed by atoms with E-state index in [2.05, 4.69) is 41.3 Å². The number of ether oxygens (including phenoxy) is 1. The minimum atomic E-state index is -1.43. The fourth-order valence-corrected chi connectivity index (χ4v) is 9.66. The Kier molecular flexibility index (Phi) is 17.2. The van der Waals surface area contributed by atoms with Crippen molar-refractivity contribution in [3.63, 3.8) is 0 Å². The van der Waals surface area contributed by atoms with Crippen molar-refractivity contribution >= 4 is 26.2 Å². The Morgan fingerprint density at radius 3 is 1.62 bits per heavy atom. The Balaban J connectivity index is 0.000000353. The van der Waals surface area contributed by atoms with E-state index in [4.69, 9.17) is 25.0 Å². The van der Waals surface area contributed by atoms with E-state index in [0.717, 1.165) is 40.5 Å². The first-order valence-corrected chi connectivity index (χ1v) is 20.0. The fraction of sp³-hybridized carbons (Fsp3) is 0.422. The number of rotatable bonds is 17. The lowest BCUT2D eigenvalue weighted by molar-refractivity contribution is -0.189. The zero-order valence-corrected chi connectivity index (χ0v) is 33.7. The second kappa shape index (κ2) is 21.4. The van der Waals surface area contributed by atoms with Crippen LogP contribution < -0.4 is 0 Å². The lowest BCUT2D eigenvalue weighted by atomic mass is 9.62. The van der Waals surface area contributed by atoms with Gasteiger partial charge >= 0.3 is 26.2 Å². The van der Waals surface area contributed by atoms with Crippen LogP contribution in [-0.4, -0.2) is 129 Å². The quantitative estimate of drug-likeness (QED) is 0.0708. The van der Waals surface area contributed by atoms with Gasteiger partial charge in [0.05, 0.1) is 25.4 Å². The molecular weight excluding hydrogens is 766 g/mol. The number of likely N-dealkylation sites (N-methyl/N-ethyl adjacent to an activating group) is 1. The van der Waals surface area contributed by atoms with Gasteiger partial charge in [-0.3, -0.25) is 19.4 Å². The number of carboxylic acids is 2. The molecule has 2 fully saturated rings. The minimum absolute atomic E-state index is 0. The molecule has 15 heteroatoms. The summed E-state index contributed by atoms with van der Waals surface area (Å²) in [7, 11) is -0.0917. The first-order chi connectivity index (χ1) is 28.4. The van der Waals surface area contributed by atoms with Gasteiger partial charge in [0.2, 0.25) is 0 Å². The van der Waals surface area contributed by atoms with Gasteiger partial charge in [-0.05, 0) is 65.9 Å². The van der Waals surface area contributed by atoms with Crippen molar-refractivity contribution in [3.05, 3.63) is 131 Å². The maximum Gasteiger partial charge on any atom is 0.451 e. The van der Waals surface area contributed by atoms with Crippen LogP contribution in [-0.2, 0) is 26.5 Å². The van der Waals surface area contributed by atoms with Gasteiger partial charge in [-0.15, -0.1) is 0 Å². The largest absolute Gasteiger partial charge is 0.480 e. The van der Waals surface area contributed by atoms with Crippen LogP contribution in [0.1, 0.15) is 55.4 Å². The molecule has 7 rings (SSSR count). The molecular formula is C45H60B2N2O11. The summed E-state index contributed by atoms with van der Waals surface area (Å²) < 4.78 is 6.24. The SMILES string of the molecule is C.CN1C[C@@](CO)(CCCB(O)O)[C@H]1C(=O)O.CO.O=C(O)[C@H]1N(C2(c3ccccc3)c3ccccc3-c3ccccc32)C[C@]1(CCCB(O)O)COCc1ccccc1. The number of carboxylic acid groups (broad SMARTS) is 2. The van der Waals surface area contributed by atoms with E-state index < -0.39 is 54.6 Å². The molecule has 4 aromatic carbocycles. The van der Waals surface area contributed by atoms with Crippen LogP contribution >= 0.6 is 0 Å². The second-order valence-electron chi connectivity index (χ2n) is 15.8. The molecule has 2 heterocycles. The highest BCUT2D eigenvalue weighted by Crippen LogP contribution is 2.60. The first-order valence-electron chi connectivity index (χ1n) is 20.0. The average Bonchev–Trinajstić information content (AvgIpc) is 3.50. The molecule has 0 amide bonds. The first kappa shape index (κ1) is 48.3. The van der Waals surface area contributed by atoms with Crippen LogP contribution in [0.4, 0.5) is 0 Å². The highest BCUT2D eigenvalue weighted by molar-refractivity contribution is 6.41. The Hall–Kier alpha value is -4.41. The molecule has 4 atom stereocenters. The number of likely N-dealkylation sites (tertiary alicyclic amines) is 2. The summed E-state index contributed by atoms with van der Waals surface area (Å²) in [6.45, 7) is 1.47. The molecule has 0 bridgehead atoms. The third-order valence-corrected chi connectivity index (χ3v) is 12.1. The average molecular weight is 827 g/mol. The fourth-order valence-electron chi connectivity index (χ4n) is 9.66. The van der Waals surface area contributed by atoms with Gasteiger partial charge in [-0.25, -0.2) is 0 Å². The van der Waals surface area contributed by atoms with Gasteiger partial charge < -0.3 is 45.3 Å². The molecule has 2 saturated heterocycles. The number of aliphatic carboxylic acids is 2. The molecule has 8 N–H and O–H groups in total. The Labute approximate surface area is 353 Å². The van der Waals surface area contributed by atoms with E-state index in [1.54, 1.807) is 11.9 Å². The van der Waals surface area contributed by atoms with E-state index >= 15 is 0 Å². The van der Waals surface area contributed by atoms with Crippen LogP contribution in [0.15, 0.2) is 109 Å². The molecule has 60 heavy (non-hydrogen) atoms.